The maximum absolute atomic E-state index is 4.08. The molecule has 78 valence electrons. The molecule has 1 heterocycles. The minimum Gasteiger partial charge on any atom is -0.356 e. The van der Waals surface area contributed by atoms with E-state index in [1.807, 2.05) is 0 Å². The molecule has 0 atom stereocenters. The number of anilines is 1. The molecule has 1 aromatic heterocycles. The van der Waals surface area contributed by atoms with Crippen LogP contribution in [0.25, 0.3) is 0 Å². The van der Waals surface area contributed by atoms with Gasteiger partial charge in [0.2, 0.25) is 5.13 Å². The van der Waals surface area contributed by atoms with Gasteiger partial charge in [-0.2, -0.15) is 4.37 Å². The SMILES string of the molecule is CCc1ccccc1CNc1ncns1. The number of hydrogen-bond acceptors (Lipinski definition) is 4. The van der Waals surface area contributed by atoms with Gasteiger partial charge >= 0.3 is 0 Å². The third-order valence-electron chi connectivity index (χ3n) is 2.29. The van der Waals surface area contributed by atoms with Crippen molar-refractivity contribution in [1.82, 2.24) is 9.36 Å². The summed E-state index contributed by atoms with van der Waals surface area (Å²) in [6.07, 6.45) is 2.63. The molecule has 15 heavy (non-hydrogen) atoms. The van der Waals surface area contributed by atoms with Gasteiger partial charge in [-0.3, -0.25) is 0 Å². The van der Waals surface area contributed by atoms with Crippen molar-refractivity contribution in [3.8, 4) is 0 Å². The van der Waals surface area contributed by atoms with Gasteiger partial charge in [-0.15, -0.1) is 0 Å². The second kappa shape index (κ2) is 4.89. The molecule has 0 spiro atoms. The second-order valence-electron chi connectivity index (χ2n) is 3.22. The highest BCUT2D eigenvalue weighted by atomic mass is 32.1. The van der Waals surface area contributed by atoms with E-state index in [0.717, 1.165) is 18.1 Å². The number of benzene rings is 1. The molecule has 0 aliphatic heterocycles. The summed E-state index contributed by atoms with van der Waals surface area (Å²) in [5.74, 6) is 0. The van der Waals surface area contributed by atoms with Crippen LogP contribution < -0.4 is 5.32 Å². The number of hydrogen-bond donors (Lipinski definition) is 1. The molecule has 2 aromatic rings. The lowest BCUT2D eigenvalue weighted by molar-refractivity contribution is 1.04. The lowest BCUT2D eigenvalue weighted by Crippen LogP contribution is -2.01. The van der Waals surface area contributed by atoms with Gasteiger partial charge in [0.05, 0.1) is 0 Å². The highest BCUT2D eigenvalue weighted by Gasteiger charge is 2.00. The van der Waals surface area contributed by atoms with Gasteiger partial charge in [0, 0.05) is 18.1 Å². The standard InChI is InChI=1S/C11H13N3S/c1-2-9-5-3-4-6-10(9)7-12-11-13-8-14-15-11/h3-6,8H,2,7H2,1H3,(H,12,13,14). The van der Waals surface area contributed by atoms with Crippen molar-refractivity contribution in [3.05, 3.63) is 41.7 Å². The molecule has 0 saturated heterocycles. The molecule has 0 saturated carbocycles. The minimum atomic E-state index is 0.819. The van der Waals surface area contributed by atoms with Gasteiger partial charge in [0.25, 0.3) is 0 Å². The Bertz CT molecular complexity index is 412. The van der Waals surface area contributed by atoms with Crippen LogP contribution in [0.5, 0.6) is 0 Å². The average molecular weight is 219 g/mol. The van der Waals surface area contributed by atoms with Crippen molar-refractivity contribution in [1.29, 1.82) is 0 Å². The van der Waals surface area contributed by atoms with Crippen LogP contribution in [0.4, 0.5) is 5.13 Å². The molecular weight excluding hydrogens is 206 g/mol. The molecule has 0 unspecified atom stereocenters. The zero-order chi connectivity index (χ0) is 10.5. The molecule has 0 aliphatic rings. The monoisotopic (exact) mass is 219 g/mol. The fourth-order valence-electron chi connectivity index (χ4n) is 1.50. The summed E-state index contributed by atoms with van der Waals surface area (Å²) < 4.78 is 3.95. The quantitative estimate of drug-likeness (QED) is 0.859. The Labute approximate surface area is 93.4 Å². The first-order valence-electron chi connectivity index (χ1n) is 4.97. The molecule has 0 radical (unpaired) electrons. The Kier molecular flexibility index (Phi) is 3.29. The Morgan fingerprint density at radius 3 is 2.73 bits per heavy atom. The largest absolute Gasteiger partial charge is 0.356 e. The van der Waals surface area contributed by atoms with Gasteiger partial charge in [-0.1, -0.05) is 31.2 Å². The van der Waals surface area contributed by atoms with Crippen LogP contribution in [-0.2, 0) is 13.0 Å². The summed E-state index contributed by atoms with van der Waals surface area (Å²) in [7, 11) is 0. The molecule has 0 amide bonds. The van der Waals surface area contributed by atoms with Crippen LogP contribution in [0.2, 0.25) is 0 Å². The maximum atomic E-state index is 4.08. The lowest BCUT2D eigenvalue weighted by atomic mass is 10.1. The highest BCUT2D eigenvalue weighted by molar-refractivity contribution is 7.09. The average Bonchev–Trinajstić information content (AvgIpc) is 2.79. The normalized spacial score (nSPS) is 10.2. The van der Waals surface area contributed by atoms with Crippen molar-refractivity contribution >= 4 is 16.7 Å². The predicted molar refractivity (Wildman–Crippen MR) is 63.1 cm³/mol. The zero-order valence-electron chi connectivity index (χ0n) is 8.60. The molecule has 1 N–H and O–H groups in total. The molecule has 2 rings (SSSR count). The molecule has 0 bridgehead atoms. The van der Waals surface area contributed by atoms with E-state index in [0.29, 0.717) is 0 Å². The highest BCUT2D eigenvalue weighted by Crippen LogP contribution is 2.13. The van der Waals surface area contributed by atoms with Gasteiger partial charge in [0.1, 0.15) is 6.33 Å². The van der Waals surface area contributed by atoms with Crippen molar-refractivity contribution in [2.75, 3.05) is 5.32 Å². The lowest BCUT2D eigenvalue weighted by Gasteiger charge is -2.07. The first-order valence-corrected chi connectivity index (χ1v) is 5.75. The van der Waals surface area contributed by atoms with Crippen molar-refractivity contribution in [2.24, 2.45) is 0 Å². The third-order valence-corrected chi connectivity index (χ3v) is 2.91. The van der Waals surface area contributed by atoms with Gasteiger partial charge in [0.15, 0.2) is 0 Å². The first-order chi connectivity index (χ1) is 7.40. The topological polar surface area (TPSA) is 37.8 Å². The number of aromatic nitrogens is 2. The van der Waals surface area contributed by atoms with E-state index in [9.17, 15) is 0 Å². The second-order valence-corrected chi connectivity index (χ2v) is 4.00. The van der Waals surface area contributed by atoms with Gasteiger partial charge in [-0.25, -0.2) is 4.98 Å². The van der Waals surface area contributed by atoms with Crippen molar-refractivity contribution < 1.29 is 0 Å². The predicted octanol–water partition coefficient (Wildman–Crippen LogP) is 2.71. The Balaban J connectivity index is 2.04. The van der Waals surface area contributed by atoms with E-state index < -0.39 is 0 Å². The van der Waals surface area contributed by atoms with Crippen LogP contribution in [0.3, 0.4) is 0 Å². The van der Waals surface area contributed by atoms with Crippen LogP contribution in [-0.4, -0.2) is 9.36 Å². The summed E-state index contributed by atoms with van der Waals surface area (Å²) in [5.41, 5.74) is 2.71. The van der Waals surface area contributed by atoms with Crippen LogP contribution >= 0.6 is 11.5 Å². The number of nitrogens with zero attached hydrogens (tertiary/aromatic N) is 2. The number of rotatable bonds is 4. The molecule has 0 fully saturated rings. The Hall–Kier alpha value is -1.42. The zero-order valence-corrected chi connectivity index (χ0v) is 9.42. The molecule has 1 aromatic carbocycles. The molecule has 4 heteroatoms. The molecule has 0 aliphatic carbocycles. The van der Waals surface area contributed by atoms with E-state index in [1.54, 1.807) is 6.33 Å². The van der Waals surface area contributed by atoms with Crippen molar-refractivity contribution in [3.63, 3.8) is 0 Å². The van der Waals surface area contributed by atoms with E-state index in [4.69, 9.17) is 0 Å². The summed E-state index contributed by atoms with van der Waals surface area (Å²) in [6, 6.07) is 8.45. The van der Waals surface area contributed by atoms with Crippen LogP contribution in [0.1, 0.15) is 18.1 Å². The number of aryl methyl sites for hydroxylation is 1. The molecule has 3 nitrogen and oxygen atoms in total. The summed E-state index contributed by atoms with van der Waals surface area (Å²) in [6.45, 7) is 2.99. The van der Waals surface area contributed by atoms with Crippen LogP contribution in [0.15, 0.2) is 30.6 Å². The van der Waals surface area contributed by atoms with E-state index >= 15 is 0 Å². The Morgan fingerprint density at radius 2 is 2.07 bits per heavy atom. The van der Waals surface area contributed by atoms with Crippen LogP contribution in [0, 0.1) is 0 Å². The van der Waals surface area contributed by atoms with E-state index in [-0.39, 0.29) is 0 Å². The summed E-state index contributed by atoms with van der Waals surface area (Å²) in [4.78, 5) is 4.08. The number of nitrogens with one attached hydrogen (secondary N) is 1. The van der Waals surface area contributed by atoms with E-state index in [1.165, 1.54) is 22.7 Å². The van der Waals surface area contributed by atoms with Crippen molar-refractivity contribution in [2.45, 2.75) is 19.9 Å². The fraction of sp³-hybridized carbons (Fsp3) is 0.273. The third kappa shape index (κ3) is 2.53. The van der Waals surface area contributed by atoms with Gasteiger partial charge in [-0.05, 0) is 17.5 Å². The smallest absolute Gasteiger partial charge is 0.202 e. The minimum absolute atomic E-state index is 0.819. The van der Waals surface area contributed by atoms with E-state index in [2.05, 4.69) is 45.9 Å². The Morgan fingerprint density at radius 1 is 1.27 bits per heavy atom. The maximum Gasteiger partial charge on any atom is 0.202 e. The summed E-state index contributed by atoms with van der Waals surface area (Å²) in [5, 5.41) is 4.14. The molecular formula is C11H13N3S. The van der Waals surface area contributed by atoms with Gasteiger partial charge < -0.3 is 5.32 Å². The fourth-order valence-corrected chi connectivity index (χ4v) is 1.92. The summed E-state index contributed by atoms with van der Waals surface area (Å²) >= 11 is 1.38. The first kappa shape index (κ1) is 10.1.